The molecular weight excluding hydrogens is 271 g/mol. The van der Waals surface area contributed by atoms with Crippen molar-refractivity contribution in [3.05, 3.63) is 35.9 Å². The van der Waals surface area contributed by atoms with Gasteiger partial charge in [0.05, 0.1) is 4.49 Å². The molecule has 0 saturated carbocycles. The molecule has 19 heavy (non-hydrogen) atoms. The first-order valence-electron chi connectivity index (χ1n) is 7.34. The lowest BCUT2D eigenvalue weighted by molar-refractivity contribution is 0.558. The molecule has 0 aliphatic rings. The molecule has 0 spiro atoms. The van der Waals surface area contributed by atoms with Gasteiger partial charge in [0.25, 0.3) is 0 Å². The summed E-state index contributed by atoms with van der Waals surface area (Å²) >= 11 is 4.84. The van der Waals surface area contributed by atoms with E-state index in [0.717, 1.165) is 43.6 Å². The Morgan fingerprint density at radius 1 is 1.05 bits per heavy atom. The lowest BCUT2D eigenvalue weighted by Gasteiger charge is -2.34. The van der Waals surface area contributed by atoms with Crippen LogP contribution in [0, 0.1) is 0 Å². The molecule has 108 valence electrons. The number of hydrogen-bond acceptors (Lipinski definition) is 2. The summed E-state index contributed by atoms with van der Waals surface area (Å²) in [7, 11) is -2.31. The zero-order valence-electron chi connectivity index (χ0n) is 12.4. The van der Waals surface area contributed by atoms with Crippen LogP contribution in [0.3, 0.4) is 0 Å². The van der Waals surface area contributed by atoms with E-state index >= 15 is 0 Å². The summed E-state index contributed by atoms with van der Waals surface area (Å²) < 4.78 is 13.0. The van der Waals surface area contributed by atoms with Crippen LogP contribution in [0.1, 0.15) is 52.0 Å². The molecule has 1 atom stereocenters. The average molecular weight is 298 g/mol. The van der Waals surface area contributed by atoms with Crippen LogP contribution >= 0.6 is 19.8 Å². The van der Waals surface area contributed by atoms with E-state index in [2.05, 4.69) is 26.0 Å². The third-order valence-electron chi connectivity index (χ3n) is 3.86. The first-order valence-corrected chi connectivity index (χ1v) is 9.86. The van der Waals surface area contributed by atoms with E-state index in [9.17, 15) is 4.57 Å². The van der Waals surface area contributed by atoms with E-state index in [4.69, 9.17) is 12.6 Å². The quantitative estimate of drug-likeness (QED) is 0.477. The van der Waals surface area contributed by atoms with Gasteiger partial charge in [0.15, 0.2) is 0 Å². The minimum absolute atomic E-state index is 0.501. The molecule has 1 nitrogen and oxygen atoms in total. The van der Waals surface area contributed by atoms with Crippen LogP contribution in [0.25, 0.3) is 0 Å². The van der Waals surface area contributed by atoms with Crippen molar-refractivity contribution in [2.24, 2.45) is 0 Å². The molecule has 0 aromatic heterocycles. The summed E-state index contributed by atoms with van der Waals surface area (Å²) in [6.45, 7) is 6.35. The largest absolute Gasteiger partial charge is 0.322 e. The Kier molecular flexibility index (Phi) is 6.69. The highest BCUT2D eigenvalue weighted by Gasteiger charge is 2.41. The fraction of sp³-hybridized carbons (Fsp3) is 0.625. The van der Waals surface area contributed by atoms with Gasteiger partial charge in [-0.3, -0.25) is 0 Å². The van der Waals surface area contributed by atoms with Gasteiger partial charge in [0.2, 0.25) is 0 Å². The van der Waals surface area contributed by atoms with Crippen LogP contribution in [-0.2, 0) is 9.05 Å². The topological polar surface area (TPSA) is 17.1 Å². The van der Waals surface area contributed by atoms with Crippen LogP contribution in [0.15, 0.2) is 30.3 Å². The van der Waals surface area contributed by atoms with Gasteiger partial charge in [-0.15, -0.1) is 0 Å². The highest BCUT2D eigenvalue weighted by atomic mass is 32.1. The van der Waals surface area contributed by atoms with E-state index in [1.54, 1.807) is 0 Å². The van der Waals surface area contributed by atoms with E-state index < -0.39 is 11.6 Å². The fourth-order valence-corrected chi connectivity index (χ4v) is 6.48. The molecule has 1 unspecified atom stereocenters. The lowest BCUT2D eigenvalue weighted by atomic mass is 10.2. The Hall–Kier alpha value is -0.200. The van der Waals surface area contributed by atoms with E-state index in [0.29, 0.717) is 0 Å². The van der Waals surface area contributed by atoms with Crippen molar-refractivity contribution in [2.75, 3.05) is 12.3 Å². The molecule has 1 rings (SSSR count). The highest BCUT2D eigenvalue weighted by Crippen LogP contribution is 2.66. The minimum atomic E-state index is -2.31. The Balaban J connectivity index is 3.04. The van der Waals surface area contributed by atoms with Gasteiger partial charge < -0.3 is 4.57 Å². The van der Waals surface area contributed by atoms with Crippen molar-refractivity contribution in [1.29, 1.82) is 0 Å². The number of rotatable bonds is 8. The molecule has 0 bridgehead atoms. The average Bonchev–Trinajstić information content (AvgIpc) is 2.43. The Morgan fingerprint density at radius 2 is 1.53 bits per heavy atom. The van der Waals surface area contributed by atoms with Gasteiger partial charge in [-0.1, -0.05) is 57.0 Å². The molecule has 0 radical (unpaired) electrons. The van der Waals surface area contributed by atoms with Crippen molar-refractivity contribution in [1.82, 2.24) is 0 Å². The molecule has 3 heteroatoms. The molecule has 0 fully saturated rings. The zero-order valence-corrected chi connectivity index (χ0v) is 14.2. The standard InChI is InChI=1S/C16H27OPS/c1-4-6-13-18(17,14-7-5-2)16(3,19)15-11-9-8-10-12-15/h8-12,19H,4-7,13-14H2,1-3H3. The third-order valence-corrected chi connectivity index (χ3v) is 9.13. The molecule has 0 amide bonds. The molecule has 1 aromatic carbocycles. The SMILES string of the molecule is CCCCP(=O)(CCCC)C(C)(S)c1ccccc1. The Morgan fingerprint density at radius 3 is 1.95 bits per heavy atom. The predicted octanol–water partition coefficient (Wildman–Crippen LogP) is 5.75. The number of thiol groups is 1. The van der Waals surface area contributed by atoms with Crippen LogP contribution in [-0.4, -0.2) is 12.3 Å². The van der Waals surface area contributed by atoms with E-state index in [1.807, 2.05) is 25.1 Å². The van der Waals surface area contributed by atoms with Crippen molar-refractivity contribution in [3.8, 4) is 0 Å². The highest BCUT2D eigenvalue weighted by molar-refractivity contribution is 7.92. The predicted molar refractivity (Wildman–Crippen MR) is 89.9 cm³/mol. The first kappa shape index (κ1) is 16.9. The van der Waals surface area contributed by atoms with Crippen LogP contribution < -0.4 is 0 Å². The summed E-state index contributed by atoms with van der Waals surface area (Å²) in [6.07, 6.45) is 5.88. The van der Waals surface area contributed by atoms with Gasteiger partial charge in [0, 0.05) is 12.3 Å². The summed E-state index contributed by atoms with van der Waals surface area (Å²) in [5, 5.41) is 0. The summed E-state index contributed by atoms with van der Waals surface area (Å²) in [5.74, 6) is 0. The fourth-order valence-electron chi connectivity index (χ4n) is 2.36. The van der Waals surface area contributed by atoms with Gasteiger partial charge >= 0.3 is 0 Å². The molecule has 0 saturated heterocycles. The molecule has 1 aromatic rings. The van der Waals surface area contributed by atoms with Crippen molar-refractivity contribution in [2.45, 2.75) is 50.9 Å². The van der Waals surface area contributed by atoms with Crippen LogP contribution in [0.4, 0.5) is 0 Å². The maximum atomic E-state index is 13.5. The monoisotopic (exact) mass is 298 g/mol. The minimum Gasteiger partial charge on any atom is -0.322 e. The Labute approximate surface area is 124 Å². The number of unbranched alkanes of at least 4 members (excludes halogenated alkanes) is 2. The maximum Gasteiger partial charge on any atom is 0.107 e. The van der Waals surface area contributed by atoms with Crippen molar-refractivity contribution < 1.29 is 4.57 Å². The summed E-state index contributed by atoms with van der Waals surface area (Å²) in [4.78, 5) is 0. The molecule has 0 aliphatic heterocycles. The normalized spacial score (nSPS) is 15.2. The number of benzene rings is 1. The first-order chi connectivity index (χ1) is 8.98. The van der Waals surface area contributed by atoms with Gasteiger partial charge in [-0.05, 0) is 25.3 Å². The second-order valence-electron chi connectivity index (χ2n) is 5.43. The van der Waals surface area contributed by atoms with Gasteiger partial charge in [-0.25, -0.2) is 0 Å². The second-order valence-corrected chi connectivity index (χ2v) is 10.2. The third kappa shape index (κ3) is 4.13. The molecule has 0 aliphatic carbocycles. The second kappa shape index (κ2) is 7.55. The smallest absolute Gasteiger partial charge is 0.107 e. The molecule has 0 heterocycles. The molecular formula is C16H27OPS. The van der Waals surface area contributed by atoms with Crippen molar-refractivity contribution >= 4 is 19.8 Å². The van der Waals surface area contributed by atoms with Crippen molar-refractivity contribution in [3.63, 3.8) is 0 Å². The van der Waals surface area contributed by atoms with E-state index in [-0.39, 0.29) is 0 Å². The van der Waals surface area contributed by atoms with Gasteiger partial charge in [0.1, 0.15) is 7.14 Å². The number of hydrogen-bond donors (Lipinski definition) is 1. The van der Waals surface area contributed by atoms with Crippen LogP contribution in [0.5, 0.6) is 0 Å². The summed E-state index contributed by atoms with van der Waals surface area (Å²) in [6, 6.07) is 10.1. The maximum absolute atomic E-state index is 13.5. The molecule has 0 N–H and O–H groups in total. The van der Waals surface area contributed by atoms with E-state index in [1.165, 1.54) is 0 Å². The summed E-state index contributed by atoms with van der Waals surface area (Å²) in [5.41, 5.74) is 1.09. The van der Waals surface area contributed by atoms with Crippen LogP contribution in [0.2, 0.25) is 0 Å². The van der Waals surface area contributed by atoms with Gasteiger partial charge in [-0.2, -0.15) is 12.6 Å². The lowest BCUT2D eigenvalue weighted by Crippen LogP contribution is -2.19. The Bertz CT molecular complexity index is 402. The zero-order chi connectivity index (χ0) is 14.4.